The highest BCUT2D eigenvalue weighted by Crippen LogP contribution is 2.35. The van der Waals surface area contributed by atoms with Crippen LogP contribution in [0, 0.1) is 0 Å². The summed E-state index contributed by atoms with van der Waals surface area (Å²) in [4.78, 5) is 13.3. The van der Waals surface area contributed by atoms with Crippen LogP contribution in [0.3, 0.4) is 0 Å². The maximum atomic E-state index is 8.88. The zero-order valence-corrected chi connectivity index (χ0v) is 18.8. The Kier molecular flexibility index (Phi) is 2.51. The second-order valence-electron chi connectivity index (χ2n) is 7.72. The molecule has 0 saturated carbocycles. The Labute approximate surface area is 237 Å². The minimum atomic E-state index is -0.705. The van der Waals surface area contributed by atoms with Crippen LogP contribution in [0.4, 0.5) is 0 Å². The van der Waals surface area contributed by atoms with Gasteiger partial charge >= 0.3 is 0 Å². The molecule has 0 fully saturated rings. The molecular weight excluding hydrogens is 452 g/mol. The van der Waals surface area contributed by atoms with E-state index in [1.54, 1.807) is 18.2 Å². The number of rotatable bonds is 4. The lowest BCUT2D eigenvalue weighted by atomic mass is 10.1. The first-order chi connectivity index (χ1) is 25.0. The first kappa shape index (κ1) is 10.5. The fourth-order valence-corrected chi connectivity index (χ4v) is 4.06. The van der Waals surface area contributed by atoms with Crippen LogP contribution in [0.1, 0.15) is 21.9 Å². The largest absolute Gasteiger partial charge is 0.309 e. The van der Waals surface area contributed by atoms with Gasteiger partial charge in [-0.2, -0.15) is 0 Å². The van der Waals surface area contributed by atoms with Crippen LogP contribution in [-0.4, -0.2) is 19.5 Å². The molecule has 0 spiro atoms. The quantitative estimate of drug-likeness (QED) is 0.251. The smallest absolute Gasteiger partial charge is 0.166 e. The highest BCUT2D eigenvalue weighted by molar-refractivity contribution is 6.09. The van der Waals surface area contributed by atoms with Crippen molar-refractivity contribution in [3.05, 3.63) is 133 Å². The summed E-state index contributed by atoms with van der Waals surface area (Å²) in [6.07, 6.45) is 0. The number of benzene rings is 5. The molecule has 0 bridgehead atoms. The third-order valence-corrected chi connectivity index (χ3v) is 5.60. The standard InChI is InChI=1S/C33H22N4/c1-3-13-23(14-4-1)31-34-32(24-15-5-2-6-16-24)36-33(35-31)27-19-9-12-22-30(27)37-28-20-10-7-17-25(28)26-18-8-11-21-29(26)37/h1-22H/i1D,2D,3D,4D,5D,6D,7D,8D,13D,14D,15D,16D,17D,18D,20D,21D. The average Bonchev–Trinajstić information content (AvgIpc) is 3.50. The molecule has 7 rings (SSSR count). The zero-order valence-electron chi connectivity index (χ0n) is 34.8. The van der Waals surface area contributed by atoms with E-state index in [0.29, 0.717) is 0 Å². The van der Waals surface area contributed by atoms with Crippen molar-refractivity contribution in [3.8, 4) is 39.9 Å². The highest BCUT2D eigenvalue weighted by atomic mass is 15.0. The molecule has 2 heterocycles. The van der Waals surface area contributed by atoms with Gasteiger partial charge in [-0.3, -0.25) is 0 Å². The van der Waals surface area contributed by atoms with Gasteiger partial charge in [-0.25, -0.2) is 15.0 Å². The van der Waals surface area contributed by atoms with Crippen LogP contribution in [0.5, 0.6) is 0 Å². The van der Waals surface area contributed by atoms with E-state index >= 15 is 0 Å². The molecule has 0 radical (unpaired) electrons. The van der Waals surface area contributed by atoms with Crippen LogP contribution in [0.25, 0.3) is 61.7 Å². The van der Waals surface area contributed by atoms with Crippen molar-refractivity contribution in [2.75, 3.05) is 0 Å². The van der Waals surface area contributed by atoms with E-state index in [4.69, 9.17) is 21.9 Å². The predicted molar refractivity (Wildman–Crippen MR) is 150 cm³/mol. The van der Waals surface area contributed by atoms with Crippen LogP contribution >= 0.6 is 0 Å². The topological polar surface area (TPSA) is 43.6 Å². The Morgan fingerprint density at radius 3 is 1.57 bits per heavy atom. The third-order valence-electron chi connectivity index (χ3n) is 5.60. The van der Waals surface area contributed by atoms with E-state index in [2.05, 4.69) is 15.0 Å². The molecule has 2 aromatic heterocycles. The normalized spacial score (nSPS) is 17.3. The molecule has 5 aromatic carbocycles. The lowest BCUT2D eigenvalue weighted by Gasteiger charge is -2.14. The Morgan fingerprint density at radius 2 is 1.00 bits per heavy atom. The van der Waals surface area contributed by atoms with Crippen LogP contribution < -0.4 is 0 Å². The molecule has 0 saturated heterocycles. The Morgan fingerprint density at radius 1 is 0.486 bits per heavy atom. The second kappa shape index (κ2) is 8.85. The SMILES string of the molecule is [2H]c1cc([2H])c2c(c1[2H])c1c([2H])c([2H])cc([2H])c1n2-c1ccccc1-c1nc(-c2c([2H])c([2H])c([2H])c([2H])c2[2H])nc(-c2c([2H])c([2H])c([2H])c([2H])c2[2H])n1. The van der Waals surface area contributed by atoms with E-state index in [9.17, 15) is 0 Å². The summed E-state index contributed by atoms with van der Waals surface area (Å²) in [6.45, 7) is 0. The summed E-state index contributed by atoms with van der Waals surface area (Å²) in [5.41, 5.74) is -0.647. The highest BCUT2D eigenvalue weighted by Gasteiger charge is 2.18. The summed E-state index contributed by atoms with van der Waals surface area (Å²) >= 11 is 0. The Balaban J connectivity index is 1.66. The van der Waals surface area contributed by atoms with Gasteiger partial charge in [-0.05, 0) is 24.2 Å². The van der Waals surface area contributed by atoms with E-state index in [-0.39, 0.29) is 75.1 Å². The van der Waals surface area contributed by atoms with Crippen LogP contribution in [-0.2, 0) is 0 Å². The number of para-hydroxylation sites is 3. The summed E-state index contributed by atoms with van der Waals surface area (Å²) in [7, 11) is 0. The van der Waals surface area contributed by atoms with Crippen molar-refractivity contribution in [1.82, 2.24) is 19.5 Å². The van der Waals surface area contributed by atoms with Gasteiger partial charge in [0.05, 0.1) is 38.7 Å². The number of hydrogen-bond acceptors (Lipinski definition) is 3. The van der Waals surface area contributed by atoms with Crippen LogP contribution in [0.2, 0.25) is 0 Å². The zero-order chi connectivity index (χ0) is 38.5. The maximum Gasteiger partial charge on any atom is 0.166 e. The molecule has 0 aliphatic rings. The molecule has 0 aliphatic carbocycles. The van der Waals surface area contributed by atoms with Crippen molar-refractivity contribution < 1.29 is 21.9 Å². The van der Waals surface area contributed by atoms with Gasteiger partial charge in [0.25, 0.3) is 0 Å². The number of nitrogens with zero attached hydrogens (tertiary/aromatic N) is 4. The monoisotopic (exact) mass is 490 g/mol. The number of hydrogen-bond donors (Lipinski definition) is 0. The molecule has 4 nitrogen and oxygen atoms in total. The summed E-state index contributed by atoms with van der Waals surface area (Å²) in [6, 6.07) is -0.257. The van der Waals surface area contributed by atoms with Gasteiger partial charge in [0.15, 0.2) is 17.5 Å². The number of aromatic nitrogens is 4. The van der Waals surface area contributed by atoms with Gasteiger partial charge in [0.1, 0.15) is 0 Å². The average molecular weight is 491 g/mol. The van der Waals surface area contributed by atoms with Crippen molar-refractivity contribution in [2.24, 2.45) is 0 Å². The van der Waals surface area contributed by atoms with E-state index < -0.39 is 83.2 Å². The van der Waals surface area contributed by atoms with E-state index in [1.807, 2.05) is 0 Å². The van der Waals surface area contributed by atoms with Gasteiger partial charge in [0, 0.05) is 27.5 Å². The van der Waals surface area contributed by atoms with Crippen molar-refractivity contribution in [1.29, 1.82) is 0 Å². The molecule has 174 valence electrons. The van der Waals surface area contributed by atoms with Crippen LogP contribution in [0.15, 0.2) is 133 Å². The fourth-order valence-electron chi connectivity index (χ4n) is 4.06. The van der Waals surface area contributed by atoms with Gasteiger partial charge < -0.3 is 4.57 Å². The third kappa shape index (κ3) is 3.67. The molecule has 0 amide bonds. The van der Waals surface area contributed by atoms with Crippen molar-refractivity contribution in [3.63, 3.8) is 0 Å². The minimum absolute atomic E-state index is 0.0183. The lowest BCUT2D eigenvalue weighted by Crippen LogP contribution is -2.03. The lowest BCUT2D eigenvalue weighted by molar-refractivity contribution is 1.06. The van der Waals surface area contributed by atoms with E-state index in [1.165, 1.54) is 10.6 Å². The second-order valence-corrected chi connectivity index (χ2v) is 7.72. The summed E-state index contributed by atoms with van der Waals surface area (Å²) in [5, 5.41) is -0.0367. The predicted octanol–water partition coefficient (Wildman–Crippen LogP) is 7.97. The Bertz CT molecular complexity index is 2550. The minimum Gasteiger partial charge on any atom is -0.309 e. The van der Waals surface area contributed by atoms with Crippen molar-refractivity contribution >= 4 is 21.8 Å². The summed E-state index contributed by atoms with van der Waals surface area (Å²) < 4.78 is 137. The van der Waals surface area contributed by atoms with Gasteiger partial charge in [-0.1, -0.05) is 109 Å². The molecular formula is C33H22N4. The molecule has 37 heavy (non-hydrogen) atoms. The first-order valence-electron chi connectivity index (χ1n) is 19.0. The first-order valence-corrected chi connectivity index (χ1v) is 11.0. The van der Waals surface area contributed by atoms with Crippen molar-refractivity contribution in [2.45, 2.75) is 0 Å². The van der Waals surface area contributed by atoms with Gasteiger partial charge in [0.2, 0.25) is 0 Å². The maximum absolute atomic E-state index is 8.88. The Hall–Kier alpha value is -5.09. The molecule has 7 aromatic rings. The van der Waals surface area contributed by atoms with E-state index in [0.717, 1.165) is 12.1 Å². The van der Waals surface area contributed by atoms with Gasteiger partial charge in [-0.15, -0.1) is 0 Å². The fraction of sp³-hybridized carbons (Fsp3) is 0. The molecule has 0 N–H and O–H groups in total. The molecule has 0 unspecified atom stereocenters. The molecule has 0 aliphatic heterocycles. The summed E-state index contributed by atoms with van der Waals surface area (Å²) in [5.74, 6) is -1.26. The number of fused-ring (bicyclic) bond motifs is 3. The molecule has 0 atom stereocenters. The molecule has 4 heteroatoms.